The molecule has 1 aliphatic rings. The summed E-state index contributed by atoms with van der Waals surface area (Å²) in [5.74, 6) is -0.00895. The number of aromatic nitrogens is 2. The van der Waals surface area contributed by atoms with Crippen LogP contribution in [0.5, 0.6) is 0 Å². The van der Waals surface area contributed by atoms with Gasteiger partial charge in [-0.15, -0.1) is 12.4 Å². The first-order valence-electron chi connectivity index (χ1n) is 7.08. The molecule has 1 saturated heterocycles. The number of piperazine rings is 1. The van der Waals surface area contributed by atoms with E-state index >= 15 is 0 Å². The van der Waals surface area contributed by atoms with Gasteiger partial charge in [-0.05, 0) is 25.1 Å². The first-order valence-corrected chi connectivity index (χ1v) is 7.83. The average Bonchev–Trinajstić information content (AvgIpc) is 2.96. The van der Waals surface area contributed by atoms with Gasteiger partial charge in [-0.1, -0.05) is 23.2 Å². The number of rotatable bonds is 2. The molecule has 1 amide bonds. The Morgan fingerprint density at radius 2 is 2.17 bits per heavy atom. The zero-order valence-corrected chi connectivity index (χ0v) is 14.8. The second-order valence-electron chi connectivity index (χ2n) is 5.32. The molecule has 1 N–H and O–H groups in total. The third-order valence-corrected chi connectivity index (χ3v) is 4.29. The zero-order chi connectivity index (χ0) is 15.7. The van der Waals surface area contributed by atoms with E-state index in [1.807, 2.05) is 11.8 Å². The molecular weight excluding hydrogens is 359 g/mol. The van der Waals surface area contributed by atoms with E-state index in [0.29, 0.717) is 27.8 Å². The van der Waals surface area contributed by atoms with Crippen LogP contribution in [-0.2, 0) is 0 Å². The van der Waals surface area contributed by atoms with E-state index in [0.717, 1.165) is 13.1 Å². The average molecular weight is 376 g/mol. The van der Waals surface area contributed by atoms with E-state index in [1.54, 1.807) is 35.3 Å². The van der Waals surface area contributed by atoms with Gasteiger partial charge in [0.05, 0.1) is 22.5 Å². The smallest absolute Gasteiger partial charge is 0.257 e. The molecule has 0 bridgehead atoms. The lowest BCUT2D eigenvalue weighted by Crippen LogP contribution is -2.52. The highest BCUT2D eigenvalue weighted by atomic mass is 35.5. The van der Waals surface area contributed by atoms with Crippen LogP contribution in [0.3, 0.4) is 0 Å². The normalized spacial score (nSPS) is 17.7. The van der Waals surface area contributed by atoms with E-state index in [4.69, 9.17) is 23.2 Å². The number of hydrogen-bond acceptors (Lipinski definition) is 3. The second-order valence-corrected chi connectivity index (χ2v) is 6.16. The summed E-state index contributed by atoms with van der Waals surface area (Å²) in [5.41, 5.74) is 1.25. The molecule has 0 aliphatic carbocycles. The summed E-state index contributed by atoms with van der Waals surface area (Å²) in [5, 5.41) is 8.57. The molecule has 8 heteroatoms. The summed E-state index contributed by atoms with van der Waals surface area (Å²) in [6.07, 6.45) is 3.27. The summed E-state index contributed by atoms with van der Waals surface area (Å²) in [7, 11) is 0. The maximum absolute atomic E-state index is 12.6. The van der Waals surface area contributed by atoms with Gasteiger partial charge in [0.2, 0.25) is 0 Å². The summed E-state index contributed by atoms with van der Waals surface area (Å²) in [6, 6.07) is 5.34. The Labute approximate surface area is 151 Å². The molecule has 23 heavy (non-hydrogen) atoms. The van der Waals surface area contributed by atoms with Gasteiger partial charge in [0.1, 0.15) is 0 Å². The van der Waals surface area contributed by atoms with Crippen molar-refractivity contribution in [2.45, 2.75) is 13.0 Å². The van der Waals surface area contributed by atoms with Crippen molar-refractivity contribution in [1.29, 1.82) is 0 Å². The summed E-state index contributed by atoms with van der Waals surface area (Å²) >= 11 is 12.1. The fraction of sp³-hybridized carbons (Fsp3) is 0.333. The molecule has 1 aromatic heterocycles. The van der Waals surface area contributed by atoms with Crippen LogP contribution in [0.25, 0.3) is 5.69 Å². The quantitative estimate of drug-likeness (QED) is 0.878. The Morgan fingerprint density at radius 1 is 1.39 bits per heavy atom. The van der Waals surface area contributed by atoms with Crippen LogP contribution in [-0.4, -0.2) is 46.3 Å². The molecule has 1 aliphatic heterocycles. The van der Waals surface area contributed by atoms with Crippen LogP contribution in [0.2, 0.25) is 10.0 Å². The zero-order valence-electron chi connectivity index (χ0n) is 12.5. The molecule has 0 saturated carbocycles. The highest BCUT2D eigenvalue weighted by Crippen LogP contribution is 2.24. The minimum atomic E-state index is -0.00895. The Balaban J connectivity index is 0.00000192. The molecule has 0 unspecified atom stereocenters. The highest BCUT2D eigenvalue weighted by molar-refractivity contribution is 6.35. The number of nitrogens with one attached hydrogen (secondary N) is 1. The van der Waals surface area contributed by atoms with Crippen molar-refractivity contribution >= 4 is 41.5 Å². The summed E-state index contributed by atoms with van der Waals surface area (Å²) in [4.78, 5) is 14.4. The Morgan fingerprint density at radius 3 is 2.87 bits per heavy atom. The third-order valence-electron chi connectivity index (χ3n) is 3.75. The van der Waals surface area contributed by atoms with Crippen LogP contribution >= 0.6 is 35.6 Å². The van der Waals surface area contributed by atoms with Crippen LogP contribution < -0.4 is 5.32 Å². The van der Waals surface area contributed by atoms with E-state index in [1.165, 1.54) is 0 Å². The lowest BCUT2D eigenvalue weighted by Gasteiger charge is -2.33. The Bertz CT molecular complexity index is 704. The number of hydrogen-bond donors (Lipinski definition) is 1. The first kappa shape index (κ1) is 18.1. The topological polar surface area (TPSA) is 50.2 Å². The van der Waals surface area contributed by atoms with Crippen molar-refractivity contribution in [3.8, 4) is 5.69 Å². The third kappa shape index (κ3) is 3.80. The number of halogens is 3. The van der Waals surface area contributed by atoms with Gasteiger partial charge in [0.15, 0.2) is 0 Å². The number of benzene rings is 1. The number of amides is 1. The monoisotopic (exact) mass is 374 g/mol. The molecule has 2 aromatic rings. The fourth-order valence-electron chi connectivity index (χ4n) is 2.54. The number of carbonyl (C=O) groups excluding carboxylic acids is 1. The van der Waals surface area contributed by atoms with E-state index in [2.05, 4.69) is 10.4 Å². The molecule has 2 heterocycles. The number of carbonyl (C=O) groups is 1. The van der Waals surface area contributed by atoms with Gasteiger partial charge < -0.3 is 10.2 Å². The van der Waals surface area contributed by atoms with Crippen molar-refractivity contribution in [3.63, 3.8) is 0 Å². The van der Waals surface area contributed by atoms with Gasteiger partial charge in [-0.2, -0.15) is 5.10 Å². The van der Waals surface area contributed by atoms with Crippen LogP contribution in [0.4, 0.5) is 0 Å². The minimum Gasteiger partial charge on any atom is -0.333 e. The van der Waals surface area contributed by atoms with E-state index in [-0.39, 0.29) is 24.4 Å². The van der Waals surface area contributed by atoms with E-state index < -0.39 is 0 Å². The Kier molecular flexibility index (Phi) is 5.92. The molecular formula is C15H17Cl3N4O. The highest BCUT2D eigenvalue weighted by Gasteiger charge is 2.25. The Hall–Kier alpha value is -1.27. The van der Waals surface area contributed by atoms with Gasteiger partial charge >= 0.3 is 0 Å². The fourth-order valence-corrected chi connectivity index (χ4v) is 3.04. The summed E-state index contributed by atoms with van der Waals surface area (Å²) < 4.78 is 1.60. The molecule has 1 fully saturated rings. The number of nitrogens with zero attached hydrogens (tertiary/aromatic N) is 3. The van der Waals surface area contributed by atoms with Gasteiger partial charge in [0, 0.05) is 36.9 Å². The largest absolute Gasteiger partial charge is 0.333 e. The van der Waals surface area contributed by atoms with Crippen molar-refractivity contribution < 1.29 is 4.79 Å². The predicted molar refractivity (Wildman–Crippen MR) is 94.2 cm³/mol. The first-order chi connectivity index (χ1) is 10.6. The molecule has 1 aromatic carbocycles. The van der Waals surface area contributed by atoms with Crippen molar-refractivity contribution in [3.05, 3.63) is 46.2 Å². The lowest BCUT2D eigenvalue weighted by atomic mass is 10.2. The molecule has 124 valence electrons. The van der Waals surface area contributed by atoms with Gasteiger partial charge in [-0.3, -0.25) is 4.79 Å². The van der Waals surface area contributed by atoms with Crippen molar-refractivity contribution in [2.75, 3.05) is 19.6 Å². The maximum atomic E-state index is 12.6. The van der Waals surface area contributed by atoms with Crippen LogP contribution in [0, 0.1) is 0 Å². The SMILES string of the molecule is C[C@@H]1CNCCN1C(=O)c1cnn(-c2ccc(Cl)cc2Cl)c1.Cl. The second kappa shape index (κ2) is 7.53. The lowest BCUT2D eigenvalue weighted by molar-refractivity contribution is 0.0656. The molecule has 0 radical (unpaired) electrons. The summed E-state index contributed by atoms with van der Waals surface area (Å²) in [6.45, 7) is 4.35. The molecule has 5 nitrogen and oxygen atoms in total. The molecule has 1 atom stereocenters. The predicted octanol–water partition coefficient (Wildman–Crippen LogP) is 3.03. The van der Waals surface area contributed by atoms with Crippen LogP contribution in [0.1, 0.15) is 17.3 Å². The van der Waals surface area contributed by atoms with Crippen LogP contribution in [0.15, 0.2) is 30.6 Å². The maximum Gasteiger partial charge on any atom is 0.257 e. The molecule has 3 rings (SSSR count). The van der Waals surface area contributed by atoms with Gasteiger partial charge in [-0.25, -0.2) is 4.68 Å². The van der Waals surface area contributed by atoms with E-state index in [9.17, 15) is 4.79 Å². The standard InChI is InChI=1S/C15H16Cl2N4O.ClH/c1-10-7-18-4-5-20(10)15(22)11-8-19-21(9-11)14-3-2-12(16)6-13(14)17;/h2-3,6,8-10,18H,4-5,7H2,1H3;1H/t10-;/m1./s1. The van der Waals surface area contributed by atoms with Gasteiger partial charge in [0.25, 0.3) is 5.91 Å². The van der Waals surface area contributed by atoms with Crippen molar-refractivity contribution in [2.24, 2.45) is 0 Å². The van der Waals surface area contributed by atoms with Crippen molar-refractivity contribution in [1.82, 2.24) is 20.0 Å². The molecule has 0 spiro atoms. The minimum absolute atomic E-state index is 0.